The minimum atomic E-state index is -0.0473. The molecule has 6 nitrogen and oxygen atoms in total. The van der Waals surface area contributed by atoms with Gasteiger partial charge in [0.2, 0.25) is 0 Å². The number of hydrogen-bond acceptors (Lipinski definition) is 4. The lowest BCUT2D eigenvalue weighted by Crippen LogP contribution is -2.35. The monoisotopic (exact) mass is 384 g/mol. The van der Waals surface area contributed by atoms with Crippen molar-refractivity contribution in [3.63, 3.8) is 0 Å². The Hall–Kier alpha value is -3.67. The number of amides is 1. The quantitative estimate of drug-likeness (QED) is 0.581. The Morgan fingerprint density at radius 1 is 1.03 bits per heavy atom. The van der Waals surface area contributed by atoms with E-state index in [1.165, 1.54) is 0 Å². The van der Waals surface area contributed by atoms with Crippen LogP contribution in [0.3, 0.4) is 0 Å². The fourth-order valence-corrected chi connectivity index (χ4v) is 3.98. The molecule has 5 rings (SSSR count). The molecule has 2 aromatic heterocycles. The van der Waals surface area contributed by atoms with Gasteiger partial charge in [0.15, 0.2) is 0 Å². The van der Waals surface area contributed by atoms with Gasteiger partial charge in [-0.15, -0.1) is 0 Å². The zero-order valence-electron chi connectivity index (χ0n) is 15.8. The molecule has 1 amide bonds. The number of nitrogens with zero attached hydrogens (tertiary/aromatic N) is 3. The second-order valence-corrected chi connectivity index (χ2v) is 7.19. The van der Waals surface area contributed by atoms with Crippen molar-refractivity contribution in [1.82, 2.24) is 20.3 Å². The fourth-order valence-electron chi connectivity index (χ4n) is 3.98. The van der Waals surface area contributed by atoms with Crippen molar-refractivity contribution in [3.05, 3.63) is 107 Å². The lowest BCUT2D eigenvalue weighted by Gasteiger charge is -2.27. The summed E-state index contributed by atoms with van der Waals surface area (Å²) in [5.41, 5.74) is 4.74. The summed E-state index contributed by atoms with van der Waals surface area (Å²) in [6.07, 6.45) is 3.84. The van der Waals surface area contributed by atoms with Crippen LogP contribution < -0.4 is 0 Å². The maximum Gasteiger partial charge on any atom is 0.257 e. The molecule has 0 aliphatic carbocycles. The molecule has 1 aliphatic rings. The van der Waals surface area contributed by atoms with Crippen LogP contribution in [0.15, 0.2) is 77.6 Å². The molecule has 6 heteroatoms. The summed E-state index contributed by atoms with van der Waals surface area (Å²) >= 11 is 0. The van der Waals surface area contributed by atoms with E-state index in [-0.39, 0.29) is 11.8 Å². The molecular weight excluding hydrogens is 364 g/mol. The largest absolute Gasteiger partial charge is 0.361 e. The molecule has 1 aliphatic heterocycles. The first-order valence-electron chi connectivity index (χ1n) is 9.66. The van der Waals surface area contributed by atoms with E-state index in [1.807, 2.05) is 41.3 Å². The first-order chi connectivity index (χ1) is 14.3. The zero-order valence-corrected chi connectivity index (χ0v) is 15.8. The summed E-state index contributed by atoms with van der Waals surface area (Å²) in [6, 6.07) is 20.6. The summed E-state index contributed by atoms with van der Waals surface area (Å²) < 4.78 is 5.72. The second kappa shape index (κ2) is 7.39. The average Bonchev–Trinajstić information content (AvgIpc) is 3.45. The summed E-state index contributed by atoms with van der Waals surface area (Å²) in [7, 11) is 0. The number of carbonyl (C=O) groups excluding carboxylic acids is 1. The van der Waals surface area contributed by atoms with Crippen molar-refractivity contribution in [3.8, 4) is 0 Å². The van der Waals surface area contributed by atoms with Crippen molar-refractivity contribution in [2.24, 2.45) is 0 Å². The summed E-state index contributed by atoms with van der Waals surface area (Å²) in [6.45, 7) is 1.08. The summed E-state index contributed by atoms with van der Waals surface area (Å²) in [5, 5.41) is 11.1. The van der Waals surface area contributed by atoms with E-state index < -0.39 is 0 Å². The first-order valence-corrected chi connectivity index (χ1v) is 9.66. The number of nitrogens with one attached hydrogen (secondary N) is 1. The molecule has 0 atom stereocenters. The summed E-state index contributed by atoms with van der Waals surface area (Å²) in [4.78, 5) is 14.7. The molecule has 0 radical (unpaired) electrons. The van der Waals surface area contributed by atoms with E-state index in [1.54, 1.807) is 12.4 Å². The lowest BCUT2D eigenvalue weighted by atomic mass is 9.85. The Labute approximate surface area is 168 Å². The summed E-state index contributed by atoms with van der Waals surface area (Å²) in [5.74, 6) is 0.787. The predicted molar refractivity (Wildman–Crippen MR) is 107 cm³/mol. The molecular formula is C23H20N4O2. The van der Waals surface area contributed by atoms with Crippen molar-refractivity contribution in [2.75, 3.05) is 6.54 Å². The third-order valence-corrected chi connectivity index (χ3v) is 5.43. The van der Waals surface area contributed by atoms with Gasteiger partial charge in [0.1, 0.15) is 11.5 Å². The minimum absolute atomic E-state index is 0.0347. The number of rotatable bonds is 4. The van der Waals surface area contributed by atoms with Crippen molar-refractivity contribution < 1.29 is 9.32 Å². The number of hydrogen-bond donors (Lipinski definition) is 1. The van der Waals surface area contributed by atoms with Gasteiger partial charge in [0, 0.05) is 24.7 Å². The van der Waals surface area contributed by atoms with Gasteiger partial charge in [-0.05, 0) is 11.1 Å². The Morgan fingerprint density at radius 3 is 2.34 bits per heavy atom. The van der Waals surface area contributed by atoms with E-state index in [0.29, 0.717) is 25.1 Å². The standard InChI is InChI=1S/C23H20N4O2/c28-23(18-13-24-25-14-18)27-12-11-20-19(15-27)22(26-29-20)21(16-7-3-1-4-8-16)17-9-5-2-6-10-17/h1-10,13-14,21H,11-12,15H2,(H,24,25). The average molecular weight is 384 g/mol. The zero-order chi connectivity index (χ0) is 19.6. The van der Waals surface area contributed by atoms with Crippen LogP contribution in [0.2, 0.25) is 0 Å². The van der Waals surface area contributed by atoms with E-state index in [2.05, 4.69) is 39.6 Å². The molecule has 4 aromatic rings. The number of benzene rings is 2. The Bertz CT molecular complexity index is 1070. The van der Waals surface area contributed by atoms with Crippen LogP contribution in [0.5, 0.6) is 0 Å². The maximum absolute atomic E-state index is 12.8. The number of aromatic amines is 1. The Balaban J connectivity index is 1.55. The highest BCUT2D eigenvalue weighted by molar-refractivity contribution is 5.93. The Morgan fingerprint density at radius 2 is 1.72 bits per heavy atom. The topological polar surface area (TPSA) is 75.0 Å². The predicted octanol–water partition coefficient (Wildman–Crippen LogP) is 3.78. The highest BCUT2D eigenvalue weighted by Gasteiger charge is 2.32. The van der Waals surface area contributed by atoms with Crippen LogP contribution in [0.4, 0.5) is 0 Å². The number of carbonyl (C=O) groups is 1. The number of H-pyrrole nitrogens is 1. The van der Waals surface area contributed by atoms with E-state index in [4.69, 9.17) is 4.52 Å². The number of aromatic nitrogens is 3. The van der Waals surface area contributed by atoms with Crippen LogP contribution in [-0.2, 0) is 13.0 Å². The SMILES string of the molecule is O=C(c1cn[nH]c1)N1CCc2onc(C(c3ccccc3)c3ccccc3)c2C1. The second-order valence-electron chi connectivity index (χ2n) is 7.19. The van der Waals surface area contributed by atoms with Gasteiger partial charge in [-0.1, -0.05) is 65.8 Å². The van der Waals surface area contributed by atoms with Gasteiger partial charge in [0.05, 0.1) is 24.2 Å². The van der Waals surface area contributed by atoms with Crippen LogP contribution in [0.25, 0.3) is 0 Å². The third-order valence-electron chi connectivity index (χ3n) is 5.43. The van der Waals surface area contributed by atoms with Gasteiger partial charge >= 0.3 is 0 Å². The van der Waals surface area contributed by atoms with Crippen LogP contribution in [-0.4, -0.2) is 32.7 Å². The molecule has 0 spiro atoms. The normalized spacial score (nSPS) is 13.5. The van der Waals surface area contributed by atoms with Gasteiger partial charge < -0.3 is 9.42 Å². The minimum Gasteiger partial charge on any atom is -0.361 e. The van der Waals surface area contributed by atoms with Gasteiger partial charge in [-0.3, -0.25) is 9.89 Å². The van der Waals surface area contributed by atoms with Crippen LogP contribution >= 0.6 is 0 Å². The smallest absolute Gasteiger partial charge is 0.257 e. The first kappa shape index (κ1) is 17.4. The lowest BCUT2D eigenvalue weighted by molar-refractivity contribution is 0.0728. The van der Waals surface area contributed by atoms with Gasteiger partial charge in [0.25, 0.3) is 5.91 Å². The molecule has 2 aromatic carbocycles. The van der Waals surface area contributed by atoms with E-state index in [0.717, 1.165) is 28.1 Å². The third kappa shape index (κ3) is 3.23. The molecule has 29 heavy (non-hydrogen) atoms. The number of fused-ring (bicyclic) bond motifs is 1. The van der Waals surface area contributed by atoms with Crippen LogP contribution in [0, 0.1) is 0 Å². The molecule has 0 bridgehead atoms. The van der Waals surface area contributed by atoms with Crippen molar-refractivity contribution in [1.29, 1.82) is 0 Å². The van der Waals surface area contributed by atoms with Crippen molar-refractivity contribution in [2.45, 2.75) is 18.9 Å². The highest BCUT2D eigenvalue weighted by atomic mass is 16.5. The molecule has 0 unspecified atom stereocenters. The van der Waals surface area contributed by atoms with Gasteiger partial charge in [-0.25, -0.2) is 0 Å². The highest BCUT2D eigenvalue weighted by Crippen LogP contribution is 2.36. The van der Waals surface area contributed by atoms with E-state index >= 15 is 0 Å². The molecule has 0 fully saturated rings. The molecule has 1 N–H and O–H groups in total. The molecule has 0 saturated carbocycles. The van der Waals surface area contributed by atoms with E-state index in [9.17, 15) is 4.79 Å². The Kier molecular flexibility index (Phi) is 4.44. The molecule has 0 saturated heterocycles. The molecule has 3 heterocycles. The fraction of sp³-hybridized carbons (Fsp3) is 0.174. The molecule has 144 valence electrons. The van der Waals surface area contributed by atoms with Crippen LogP contribution in [0.1, 0.15) is 44.4 Å². The van der Waals surface area contributed by atoms with Gasteiger partial charge in [-0.2, -0.15) is 5.10 Å². The van der Waals surface area contributed by atoms with Crippen molar-refractivity contribution >= 4 is 5.91 Å². The maximum atomic E-state index is 12.8.